The van der Waals surface area contributed by atoms with Crippen molar-refractivity contribution in [3.05, 3.63) is 29.6 Å². The smallest absolute Gasteiger partial charge is 0.410 e. The van der Waals surface area contributed by atoms with Gasteiger partial charge in [-0.25, -0.2) is 14.6 Å². The Morgan fingerprint density at radius 1 is 1.37 bits per heavy atom. The highest BCUT2D eigenvalue weighted by Crippen LogP contribution is 2.52. The van der Waals surface area contributed by atoms with Crippen molar-refractivity contribution in [3.63, 3.8) is 0 Å². The fourth-order valence-corrected chi connectivity index (χ4v) is 3.67. The Balaban J connectivity index is 1.57. The maximum atomic E-state index is 12.4. The molecule has 0 radical (unpaired) electrons. The third-order valence-corrected chi connectivity index (χ3v) is 5.25. The van der Waals surface area contributed by atoms with Crippen LogP contribution in [-0.4, -0.2) is 53.8 Å². The fraction of sp³-hybridized carbons (Fsp3) is 0.650. The van der Waals surface area contributed by atoms with Crippen molar-refractivity contribution in [2.45, 2.75) is 58.2 Å². The quantitative estimate of drug-likeness (QED) is 0.815. The zero-order valence-corrected chi connectivity index (χ0v) is 16.6. The van der Waals surface area contributed by atoms with Crippen molar-refractivity contribution in [2.24, 2.45) is 5.41 Å². The molecule has 27 heavy (non-hydrogen) atoms. The van der Waals surface area contributed by atoms with Gasteiger partial charge in [0.25, 0.3) is 0 Å². The number of rotatable bonds is 4. The van der Waals surface area contributed by atoms with Crippen molar-refractivity contribution in [1.82, 2.24) is 15.2 Å². The summed E-state index contributed by atoms with van der Waals surface area (Å²) in [7, 11) is 1.35. The highest BCUT2D eigenvalue weighted by molar-refractivity contribution is 5.87. The number of hydrogen-bond donors (Lipinski definition) is 1. The maximum absolute atomic E-state index is 12.4. The Morgan fingerprint density at radius 2 is 2.11 bits per heavy atom. The van der Waals surface area contributed by atoms with Gasteiger partial charge in [0.05, 0.1) is 7.11 Å². The van der Waals surface area contributed by atoms with Crippen LogP contribution in [0.5, 0.6) is 0 Å². The molecule has 1 aliphatic carbocycles. The highest BCUT2D eigenvalue weighted by atomic mass is 16.6. The van der Waals surface area contributed by atoms with E-state index in [4.69, 9.17) is 9.47 Å². The van der Waals surface area contributed by atoms with Gasteiger partial charge in [0, 0.05) is 37.3 Å². The van der Waals surface area contributed by atoms with E-state index in [9.17, 15) is 9.59 Å². The lowest BCUT2D eigenvalue weighted by Crippen LogP contribution is -2.53. The number of amides is 1. The Hall–Kier alpha value is -2.15. The fourth-order valence-electron chi connectivity index (χ4n) is 3.67. The van der Waals surface area contributed by atoms with E-state index in [2.05, 4.69) is 10.3 Å². The molecule has 1 unspecified atom stereocenters. The first kappa shape index (κ1) is 19.6. The van der Waals surface area contributed by atoms with E-state index in [1.165, 1.54) is 7.11 Å². The molecule has 1 aromatic heterocycles. The summed E-state index contributed by atoms with van der Waals surface area (Å²) in [5.74, 6) is -0.429. The van der Waals surface area contributed by atoms with E-state index in [1.54, 1.807) is 12.3 Å². The molecule has 148 valence electrons. The number of likely N-dealkylation sites (tertiary alicyclic amines) is 1. The van der Waals surface area contributed by atoms with Gasteiger partial charge in [-0.15, -0.1) is 0 Å². The minimum Gasteiger partial charge on any atom is -0.464 e. The molecule has 1 saturated carbocycles. The number of methoxy groups -OCH3 is 1. The molecule has 0 aromatic carbocycles. The van der Waals surface area contributed by atoms with Crippen LogP contribution in [0, 0.1) is 5.41 Å². The van der Waals surface area contributed by atoms with Crippen LogP contribution in [0.4, 0.5) is 4.79 Å². The summed E-state index contributed by atoms with van der Waals surface area (Å²) in [6.45, 7) is 7.77. The van der Waals surface area contributed by atoms with Gasteiger partial charge in [0.2, 0.25) is 0 Å². The maximum Gasteiger partial charge on any atom is 0.410 e. The number of carbonyl (C=O) groups excluding carboxylic acids is 2. The molecular formula is C20H29N3O4. The van der Waals surface area contributed by atoms with Gasteiger partial charge >= 0.3 is 12.1 Å². The van der Waals surface area contributed by atoms with E-state index in [0.29, 0.717) is 24.8 Å². The molecule has 7 nitrogen and oxygen atoms in total. The number of ether oxygens (including phenoxy) is 2. The average Bonchev–Trinajstić information content (AvgIpc) is 3.38. The van der Waals surface area contributed by atoms with E-state index >= 15 is 0 Å². The van der Waals surface area contributed by atoms with E-state index in [0.717, 1.165) is 31.4 Å². The average molecular weight is 375 g/mol. The number of nitrogens with one attached hydrogen (secondary N) is 1. The van der Waals surface area contributed by atoms with Gasteiger partial charge in [0.1, 0.15) is 11.3 Å². The Bertz CT molecular complexity index is 709. The van der Waals surface area contributed by atoms with Crippen molar-refractivity contribution >= 4 is 12.1 Å². The van der Waals surface area contributed by atoms with Crippen LogP contribution in [0.2, 0.25) is 0 Å². The van der Waals surface area contributed by atoms with Crippen LogP contribution >= 0.6 is 0 Å². The molecule has 1 amide bonds. The predicted octanol–water partition coefficient (Wildman–Crippen LogP) is 2.75. The zero-order valence-electron chi connectivity index (χ0n) is 16.6. The van der Waals surface area contributed by atoms with Crippen LogP contribution in [0.1, 0.15) is 56.1 Å². The summed E-state index contributed by atoms with van der Waals surface area (Å²) in [4.78, 5) is 29.9. The number of nitrogens with zero attached hydrogens (tertiary/aromatic N) is 2. The molecule has 7 heteroatoms. The topological polar surface area (TPSA) is 80.8 Å². The minimum absolute atomic E-state index is 0.146. The molecule has 1 N–H and O–H groups in total. The number of aromatic nitrogens is 1. The molecule has 3 rings (SSSR count). The number of hydrogen-bond acceptors (Lipinski definition) is 6. The summed E-state index contributed by atoms with van der Waals surface area (Å²) in [6, 6.07) is 4.01. The molecular weight excluding hydrogens is 346 g/mol. The lowest BCUT2D eigenvalue weighted by molar-refractivity contribution is 0.0105. The molecule has 0 bridgehead atoms. The van der Waals surface area contributed by atoms with Crippen LogP contribution in [0.15, 0.2) is 18.3 Å². The normalized spacial score (nSPS) is 21.0. The molecule has 2 heterocycles. The largest absolute Gasteiger partial charge is 0.464 e. The second kappa shape index (κ2) is 7.46. The first-order chi connectivity index (χ1) is 12.7. The van der Waals surface area contributed by atoms with Crippen LogP contribution in [-0.2, 0) is 16.0 Å². The highest BCUT2D eigenvalue weighted by Gasteiger charge is 2.53. The van der Waals surface area contributed by atoms with Gasteiger partial charge < -0.3 is 19.7 Å². The molecule has 2 aliphatic rings. The third kappa shape index (κ3) is 4.77. The first-order valence-corrected chi connectivity index (χ1v) is 9.47. The predicted molar refractivity (Wildman–Crippen MR) is 100 cm³/mol. The monoisotopic (exact) mass is 375 g/mol. The molecule has 1 aromatic rings. The molecule has 1 aliphatic heterocycles. The zero-order chi connectivity index (χ0) is 19.7. The van der Waals surface area contributed by atoms with Crippen LogP contribution in [0.3, 0.4) is 0 Å². The van der Waals surface area contributed by atoms with Crippen molar-refractivity contribution in [2.75, 3.05) is 20.2 Å². The van der Waals surface area contributed by atoms with Crippen LogP contribution in [0.25, 0.3) is 0 Å². The van der Waals surface area contributed by atoms with Gasteiger partial charge in [0.15, 0.2) is 0 Å². The molecule has 2 fully saturated rings. The minimum atomic E-state index is -0.471. The summed E-state index contributed by atoms with van der Waals surface area (Å²) < 4.78 is 10.3. The number of pyridine rings is 1. The second-order valence-electron chi connectivity index (χ2n) is 8.53. The first-order valence-electron chi connectivity index (χ1n) is 9.47. The van der Waals surface area contributed by atoms with E-state index in [-0.39, 0.29) is 11.5 Å². The Kier molecular flexibility index (Phi) is 5.42. The van der Waals surface area contributed by atoms with Crippen LogP contribution < -0.4 is 5.32 Å². The summed E-state index contributed by atoms with van der Waals surface area (Å²) in [6.07, 6.45) is 4.54. The lowest BCUT2D eigenvalue weighted by Gasteiger charge is -2.40. The molecule has 1 spiro atoms. The standard InChI is InChI=1S/C20H29N3O4/c1-19(2,3)27-18(25)23-10-6-16(20(13-23)7-8-20)22-12-14-5-9-21-15(11-14)17(24)26-4/h5,9,11,16,22H,6-8,10,12-13H2,1-4H3. The number of piperidine rings is 1. The summed E-state index contributed by atoms with van der Waals surface area (Å²) in [5, 5.41) is 3.62. The van der Waals surface area contributed by atoms with E-state index in [1.807, 2.05) is 31.7 Å². The SMILES string of the molecule is COC(=O)c1cc(CNC2CCN(C(=O)OC(C)(C)C)CC23CC3)ccn1. The lowest BCUT2D eigenvalue weighted by atomic mass is 9.89. The second-order valence-corrected chi connectivity index (χ2v) is 8.53. The van der Waals surface area contributed by atoms with E-state index < -0.39 is 11.6 Å². The molecule has 1 atom stereocenters. The molecule has 1 saturated heterocycles. The summed E-state index contributed by atoms with van der Waals surface area (Å²) in [5.41, 5.74) is 0.989. The Labute approximate surface area is 160 Å². The number of carbonyl (C=O) groups is 2. The summed E-state index contributed by atoms with van der Waals surface area (Å²) >= 11 is 0. The van der Waals surface area contributed by atoms with Gasteiger partial charge in [-0.2, -0.15) is 0 Å². The number of esters is 1. The van der Waals surface area contributed by atoms with Crippen molar-refractivity contribution < 1.29 is 19.1 Å². The third-order valence-electron chi connectivity index (χ3n) is 5.25. The van der Waals surface area contributed by atoms with Gasteiger partial charge in [-0.1, -0.05) is 0 Å². The van der Waals surface area contributed by atoms with Crippen molar-refractivity contribution in [3.8, 4) is 0 Å². The van der Waals surface area contributed by atoms with Gasteiger partial charge in [-0.05, 0) is 57.7 Å². The van der Waals surface area contributed by atoms with Crippen molar-refractivity contribution in [1.29, 1.82) is 0 Å². The van der Waals surface area contributed by atoms with Gasteiger partial charge in [-0.3, -0.25) is 0 Å². The Morgan fingerprint density at radius 3 is 2.74 bits per heavy atom.